The number of carbonyl (C=O) groups is 1. The highest BCUT2D eigenvalue weighted by Gasteiger charge is 2.02. The summed E-state index contributed by atoms with van der Waals surface area (Å²) in [6.45, 7) is 6.46. The summed E-state index contributed by atoms with van der Waals surface area (Å²) in [7, 11) is 0. The lowest BCUT2D eigenvalue weighted by atomic mass is 10.2. The van der Waals surface area contributed by atoms with Crippen LogP contribution in [0.15, 0.2) is 0 Å². The van der Waals surface area contributed by atoms with E-state index in [0.717, 1.165) is 6.42 Å². The fourth-order valence-electron chi connectivity index (χ4n) is 0.848. The van der Waals surface area contributed by atoms with Gasteiger partial charge in [0.05, 0.1) is 6.54 Å². The average molecular weight is 181 g/mol. The Morgan fingerprint density at radius 2 is 2.23 bits per heavy atom. The Morgan fingerprint density at radius 1 is 1.54 bits per heavy atom. The lowest BCUT2D eigenvalue weighted by Gasteiger charge is -2.09. The molecule has 0 aromatic carbocycles. The first-order chi connectivity index (χ1) is 6.20. The molecule has 0 aliphatic heterocycles. The van der Waals surface area contributed by atoms with E-state index < -0.39 is 0 Å². The van der Waals surface area contributed by atoms with Crippen molar-refractivity contribution < 1.29 is 4.79 Å². The molecule has 0 bridgehead atoms. The molecule has 0 aromatic rings. The van der Waals surface area contributed by atoms with Gasteiger partial charge in [0, 0.05) is 18.9 Å². The van der Waals surface area contributed by atoms with Crippen molar-refractivity contribution in [1.82, 2.24) is 5.32 Å². The predicted molar refractivity (Wildman–Crippen MR) is 55.4 cm³/mol. The lowest BCUT2D eigenvalue weighted by Crippen LogP contribution is -2.30. The van der Waals surface area contributed by atoms with Crippen molar-refractivity contribution in [2.24, 2.45) is 0 Å². The first-order valence-electron chi connectivity index (χ1n) is 4.85. The van der Waals surface area contributed by atoms with Gasteiger partial charge in [0.15, 0.2) is 0 Å². The fraction of sp³-hybridized carbons (Fsp3) is 0.727. The molecule has 0 fully saturated rings. The number of hydrogen-bond donors (Lipinski definition) is 1. The Hall–Kier alpha value is -0.810. The third-order valence-corrected chi connectivity index (χ3v) is 1.97. The molecule has 0 aliphatic carbocycles. The van der Waals surface area contributed by atoms with Crippen LogP contribution in [-0.4, -0.2) is 18.4 Å². The minimum absolute atomic E-state index is 0.253. The van der Waals surface area contributed by atoms with Gasteiger partial charge in [-0.05, 0) is 20.3 Å². The van der Waals surface area contributed by atoms with Crippen molar-refractivity contribution in [2.75, 3.05) is 6.54 Å². The summed E-state index contributed by atoms with van der Waals surface area (Å²) in [5, 5.41) is 3.16. The Bertz CT molecular complexity index is 200. The zero-order valence-electron chi connectivity index (χ0n) is 8.81. The minimum Gasteiger partial charge on any atom is -0.308 e. The van der Waals surface area contributed by atoms with Crippen LogP contribution in [-0.2, 0) is 4.79 Å². The van der Waals surface area contributed by atoms with Crippen LogP contribution < -0.4 is 5.32 Å². The van der Waals surface area contributed by atoms with Crippen molar-refractivity contribution in [3.63, 3.8) is 0 Å². The Labute approximate surface area is 81.1 Å². The van der Waals surface area contributed by atoms with E-state index in [1.807, 2.05) is 0 Å². The molecule has 1 N–H and O–H groups in total. The van der Waals surface area contributed by atoms with Gasteiger partial charge in [0.2, 0.25) is 0 Å². The van der Waals surface area contributed by atoms with E-state index >= 15 is 0 Å². The van der Waals surface area contributed by atoms with E-state index in [2.05, 4.69) is 31.0 Å². The smallest absolute Gasteiger partial charge is 0.147 e. The maximum absolute atomic E-state index is 11.2. The van der Waals surface area contributed by atoms with Crippen LogP contribution in [0.4, 0.5) is 0 Å². The zero-order chi connectivity index (χ0) is 10.1. The summed E-state index contributed by atoms with van der Waals surface area (Å²) >= 11 is 0. The first kappa shape index (κ1) is 12.2. The number of rotatable bonds is 6. The minimum atomic E-state index is 0.253. The predicted octanol–water partition coefficient (Wildman–Crippen LogP) is 1.75. The van der Waals surface area contributed by atoms with Gasteiger partial charge in [-0.3, -0.25) is 4.79 Å². The fourth-order valence-corrected chi connectivity index (χ4v) is 0.848. The van der Waals surface area contributed by atoms with E-state index in [0.29, 0.717) is 25.4 Å². The monoisotopic (exact) mass is 181 g/mol. The summed E-state index contributed by atoms with van der Waals surface area (Å²) in [5.41, 5.74) is 0. The highest BCUT2D eigenvalue weighted by molar-refractivity contribution is 5.80. The molecule has 0 saturated carbocycles. The molecule has 74 valence electrons. The van der Waals surface area contributed by atoms with Gasteiger partial charge in [-0.15, -0.1) is 11.8 Å². The number of nitrogens with one attached hydrogen (secondary N) is 1. The number of carbonyl (C=O) groups excluding carboxylic acids is 1. The maximum atomic E-state index is 11.2. The van der Waals surface area contributed by atoms with E-state index in [1.54, 1.807) is 6.92 Å². The number of Topliss-reactive ketones (excluding diaryl/α,β-unsaturated/α-hetero) is 1. The van der Waals surface area contributed by atoms with Gasteiger partial charge in [-0.25, -0.2) is 0 Å². The highest BCUT2D eigenvalue weighted by Crippen LogP contribution is 1.91. The standard InChI is InChI=1S/C11H19NO/c1-4-6-7-8-11(13)9-12-10(3)5-2/h10,12H,5,7-9H2,1-3H3. The molecule has 1 unspecified atom stereocenters. The normalized spacial score (nSPS) is 11.6. The van der Waals surface area contributed by atoms with E-state index in [9.17, 15) is 4.79 Å². The van der Waals surface area contributed by atoms with Crippen LogP contribution in [0.5, 0.6) is 0 Å². The second kappa shape index (κ2) is 7.82. The molecule has 0 saturated heterocycles. The summed E-state index contributed by atoms with van der Waals surface area (Å²) in [5.74, 6) is 5.91. The van der Waals surface area contributed by atoms with Gasteiger partial charge >= 0.3 is 0 Å². The molecular formula is C11H19NO. The summed E-state index contributed by atoms with van der Waals surface area (Å²) in [4.78, 5) is 11.2. The second-order valence-electron chi connectivity index (χ2n) is 3.16. The number of hydrogen-bond acceptors (Lipinski definition) is 2. The SMILES string of the molecule is CC#CCCC(=O)CNC(C)CC. The molecule has 0 spiro atoms. The van der Waals surface area contributed by atoms with Crippen molar-refractivity contribution >= 4 is 5.78 Å². The molecule has 0 rings (SSSR count). The van der Waals surface area contributed by atoms with Crippen molar-refractivity contribution in [3.8, 4) is 11.8 Å². The highest BCUT2D eigenvalue weighted by atomic mass is 16.1. The number of ketones is 1. The largest absolute Gasteiger partial charge is 0.308 e. The van der Waals surface area contributed by atoms with Crippen LogP contribution in [0.1, 0.15) is 40.0 Å². The van der Waals surface area contributed by atoms with Gasteiger partial charge in [-0.2, -0.15) is 0 Å². The molecule has 2 heteroatoms. The van der Waals surface area contributed by atoms with Gasteiger partial charge in [-0.1, -0.05) is 6.92 Å². The van der Waals surface area contributed by atoms with Crippen molar-refractivity contribution in [2.45, 2.75) is 46.1 Å². The Morgan fingerprint density at radius 3 is 2.77 bits per heavy atom. The third-order valence-electron chi connectivity index (χ3n) is 1.97. The lowest BCUT2D eigenvalue weighted by molar-refractivity contribution is -0.118. The van der Waals surface area contributed by atoms with Crippen LogP contribution in [0.25, 0.3) is 0 Å². The van der Waals surface area contributed by atoms with Crippen LogP contribution in [0.3, 0.4) is 0 Å². The van der Waals surface area contributed by atoms with Gasteiger partial charge < -0.3 is 5.32 Å². The molecule has 2 nitrogen and oxygen atoms in total. The van der Waals surface area contributed by atoms with Gasteiger partial charge in [0.25, 0.3) is 0 Å². The molecule has 13 heavy (non-hydrogen) atoms. The molecule has 0 amide bonds. The molecule has 0 aromatic heterocycles. The van der Waals surface area contributed by atoms with E-state index in [-0.39, 0.29) is 5.78 Å². The summed E-state index contributed by atoms with van der Waals surface area (Å²) < 4.78 is 0. The molecule has 0 aliphatic rings. The third kappa shape index (κ3) is 7.55. The summed E-state index contributed by atoms with van der Waals surface area (Å²) in [6.07, 6.45) is 2.32. The molecule has 0 heterocycles. The van der Waals surface area contributed by atoms with Gasteiger partial charge in [0.1, 0.15) is 5.78 Å². The first-order valence-corrected chi connectivity index (χ1v) is 4.85. The van der Waals surface area contributed by atoms with Crippen molar-refractivity contribution in [3.05, 3.63) is 0 Å². The second-order valence-corrected chi connectivity index (χ2v) is 3.16. The van der Waals surface area contributed by atoms with E-state index in [1.165, 1.54) is 0 Å². The van der Waals surface area contributed by atoms with Crippen LogP contribution in [0.2, 0.25) is 0 Å². The summed E-state index contributed by atoms with van der Waals surface area (Å²) in [6, 6.07) is 0.432. The van der Waals surface area contributed by atoms with E-state index in [4.69, 9.17) is 0 Å². The zero-order valence-corrected chi connectivity index (χ0v) is 8.81. The quantitative estimate of drug-likeness (QED) is 0.632. The van der Waals surface area contributed by atoms with Crippen LogP contribution in [0, 0.1) is 11.8 Å². The molecule has 1 atom stereocenters. The van der Waals surface area contributed by atoms with Crippen LogP contribution >= 0.6 is 0 Å². The average Bonchev–Trinajstić information content (AvgIpc) is 2.14. The molecular weight excluding hydrogens is 162 g/mol. The Balaban J connectivity index is 3.44. The van der Waals surface area contributed by atoms with Crippen molar-refractivity contribution in [1.29, 1.82) is 0 Å². The topological polar surface area (TPSA) is 29.1 Å². The Kier molecular flexibility index (Phi) is 7.33. The molecule has 0 radical (unpaired) electrons. The maximum Gasteiger partial charge on any atom is 0.147 e.